The Balaban J connectivity index is 2.83. The number of methoxy groups -OCH3 is 2. The van der Waals surface area contributed by atoms with Crippen molar-refractivity contribution in [1.82, 2.24) is 9.36 Å². The van der Waals surface area contributed by atoms with Crippen molar-refractivity contribution in [2.75, 3.05) is 32.8 Å². The minimum atomic E-state index is -0.878. The topological polar surface area (TPSA) is 138 Å². The highest BCUT2D eigenvalue weighted by Crippen LogP contribution is 2.12. The third-order valence-electron chi connectivity index (χ3n) is 2.05. The summed E-state index contributed by atoms with van der Waals surface area (Å²) >= 11 is 0.789. The van der Waals surface area contributed by atoms with Gasteiger partial charge >= 0.3 is 18.0 Å². The van der Waals surface area contributed by atoms with E-state index >= 15 is 0 Å². The lowest BCUT2D eigenvalue weighted by molar-refractivity contribution is -0.148. The Morgan fingerprint density at radius 3 is 2.61 bits per heavy atom. The first-order valence-corrected chi connectivity index (χ1v) is 6.92. The van der Waals surface area contributed by atoms with E-state index in [0.29, 0.717) is 0 Å². The standard InChI is InChI=1S/C11H14N4O7S/c1-4-21-6(16)5-22-14-7(9(17)19-2)8-12-10(23-15-8)13-11(18)20-3/h4-5H2,1-3H3,(H,12,13,15,18)/b14-7-. The second kappa shape index (κ2) is 9.30. The highest BCUT2D eigenvalue weighted by molar-refractivity contribution is 7.10. The van der Waals surface area contributed by atoms with Crippen LogP contribution in [0.5, 0.6) is 0 Å². The maximum absolute atomic E-state index is 11.7. The molecule has 0 atom stereocenters. The average molecular weight is 346 g/mol. The molecule has 1 aromatic heterocycles. The summed E-state index contributed by atoms with van der Waals surface area (Å²) in [6, 6.07) is 0. The lowest BCUT2D eigenvalue weighted by atomic mass is 10.4. The molecule has 0 aromatic carbocycles. The number of hydrogen-bond donors (Lipinski definition) is 1. The number of nitrogens with one attached hydrogen (secondary N) is 1. The molecule has 1 heterocycles. The van der Waals surface area contributed by atoms with E-state index in [1.54, 1.807) is 6.92 Å². The Morgan fingerprint density at radius 2 is 2.00 bits per heavy atom. The van der Waals surface area contributed by atoms with Gasteiger partial charge in [-0.3, -0.25) is 5.32 Å². The number of aromatic nitrogens is 2. The van der Waals surface area contributed by atoms with E-state index in [4.69, 9.17) is 4.84 Å². The van der Waals surface area contributed by atoms with E-state index in [-0.39, 0.29) is 23.3 Å². The van der Waals surface area contributed by atoms with Crippen LogP contribution in [0.15, 0.2) is 5.16 Å². The van der Waals surface area contributed by atoms with Crippen molar-refractivity contribution in [1.29, 1.82) is 0 Å². The molecule has 12 heteroatoms. The van der Waals surface area contributed by atoms with Crippen LogP contribution in [-0.2, 0) is 28.6 Å². The van der Waals surface area contributed by atoms with Crippen LogP contribution in [0, 0.1) is 0 Å². The van der Waals surface area contributed by atoms with Gasteiger partial charge in [-0.2, -0.15) is 9.36 Å². The molecule has 0 aliphatic carbocycles. The third-order valence-corrected chi connectivity index (χ3v) is 2.69. The monoisotopic (exact) mass is 346 g/mol. The number of anilines is 1. The fourth-order valence-corrected chi connectivity index (χ4v) is 1.68. The van der Waals surface area contributed by atoms with Gasteiger partial charge in [-0.1, -0.05) is 5.16 Å². The molecule has 1 rings (SSSR count). The molecule has 1 amide bonds. The first kappa shape index (κ1) is 18.3. The van der Waals surface area contributed by atoms with E-state index in [1.807, 2.05) is 0 Å². The maximum Gasteiger partial charge on any atom is 0.413 e. The maximum atomic E-state index is 11.7. The quantitative estimate of drug-likeness (QED) is 0.317. The minimum Gasteiger partial charge on any atom is -0.464 e. The summed E-state index contributed by atoms with van der Waals surface area (Å²) in [5.41, 5.74) is -0.369. The number of rotatable bonds is 7. The van der Waals surface area contributed by atoms with Crippen molar-refractivity contribution in [3.05, 3.63) is 5.82 Å². The van der Waals surface area contributed by atoms with Gasteiger partial charge in [0.1, 0.15) is 0 Å². The van der Waals surface area contributed by atoms with Gasteiger partial charge in [-0.05, 0) is 6.92 Å². The van der Waals surface area contributed by atoms with Gasteiger partial charge in [0.15, 0.2) is 0 Å². The summed E-state index contributed by atoms with van der Waals surface area (Å²) < 4.78 is 17.4. The van der Waals surface area contributed by atoms with Crippen molar-refractivity contribution in [2.45, 2.75) is 6.92 Å². The van der Waals surface area contributed by atoms with Crippen LogP contribution in [0.2, 0.25) is 0 Å². The Bertz CT molecular complexity index is 601. The zero-order valence-electron chi connectivity index (χ0n) is 12.5. The summed E-state index contributed by atoms with van der Waals surface area (Å²) in [6.45, 7) is 1.33. The first-order chi connectivity index (χ1) is 11.0. The van der Waals surface area contributed by atoms with Crippen molar-refractivity contribution in [3.8, 4) is 0 Å². The van der Waals surface area contributed by atoms with Gasteiger partial charge in [0.25, 0.3) is 0 Å². The molecule has 1 aromatic rings. The molecule has 0 fully saturated rings. The van der Waals surface area contributed by atoms with Gasteiger partial charge < -0.3 is 19.0 Å². The Kier molecular flexibility index (Phi) is 7.39. The molecule has 0 aliphatic heterocycles. The van der Waals surface area contributed by atoms with Crippen molar-refractivity contribution < 1.29 is 33.4 Å². The fourth-order valence-electron chi connectivity index (χ4n) is 1.13. The highest BCUT2D eigenvalue weighted by Gasteiger charge is 2.22. The van der Waals surface area contributed by atoms with E-state index in [2.05, 4.69) is 34.0 Å². The molecule has 0 unspecified atom stereocenters. The zero-order valence-corrected chi connectivity index (χ0v) is 13.3. The lowest BCUT2D eigenvalue weighted by Gasteiger charge is -2.02. The van der Waals surface area contributed by atoms with Gasteiger partial charge in [0.05, 0.1) is 20.8 Å². The number of ether oxygens (including phenoxy) is 3. The van der Waals surface area contributed by atoms with Crippen molar-refractivity contribution in [3.63, 3.8) is 0 Å². The Morgan fingerprint density at radius 1 is 1.26 bits per heavy atom. The van der Waals surface area contributed by atoms with Crippen LogP contribution in [0.25, 0.3) is 0 Å². The second-order valence-electron chi connectivity index (χ2n) is 3.55. The molecule has 0 aliphatic rings. The SMILES string of the molecule is CCOC(=O)CO/N=C(\C(=O)OC)c1nsc(NC(=O)OC)n1. The smallest absolute Gasteiger partial charge is 0.413 e. The van der Waals surface area contributed by atoms with E-state index in [9.17, 15) is 14.4 Å². The first-order valence-electron chi connectivity index (χ1n) is 6.14. The van der Waals surface area contributed by atoms with E-state index < -0.39 is 24.6 Å². The van der Waals surface area contributed by atoms with Crippen LogP contribution in [-0.4, -0.2) is 60.5 Å². The molecule has 126 valence electrons. The van der Waals surface area contributed by atoms with Gasteiger partial charge in [-0.15, -0.1) is 0 Å². The highest BCUT2D eigenvalue weighted by atomic mass is 32.1. The largest absolute Gasteiger partial charge is 0.464 e. The van der Waals surface area contributed by atoms with Crippen LogP contribution in [0.1, 0.15) is 12.7 Å². The number of amides is 1. The van der Waals surface area contributed by atoms with Crippen LogP contribution >= 0.6 is 11.5 Å². The summed E-state index contributed by atoms with van der Waals surface area (Å²) in [7, 11) is 2.31. The Labute approximate surface area is 134 Å². The van der Waals surface area contributed by atoms with E-state index in [0.717, 1.165) is 18.6 Å². The number of oxime groups is 1. The second-order valence-corrected chi connectivity index (χ2v) is 4.30. The van der Waals surface area contributed by atoms with Gasteiger partial charge in [-0.25, -0.2) is 14.4 Å². The normalized spacial score (nSPS) is 10.7. The Hall–Kier alpha value is -2.76. The summed E-state index contributed by atoms with van der Waals surface area (Å²) in [5.74, 6) is -1.67. The average Bonchev–Trinajstić information content (AvgIpc) is 2.99. The van der Waals surface area contributed by atoms with E-state index in [1.165, 1.54) is 7.11 Å². The molecule has 11 nitrogen and oxygen atoms in total. The zero-order chi connectivity index (χ0) is 17.2. The summed E-state index contributed by atoms with van der Waals surface area (Å²) in [5, 5.41) is 5.83. The fraction of sp³-hybridized carbons (Fsp3) is 0.455. The number of hydrogen-bond acceptors (Lipinski definition) is 11. The molecule has 23 heavy (non-hydrogen) atoms. The van der Waals surface area contributed by atoms with Crippen molar-refractivity contribution in [2.24, 2.45) is 5.16 Å². The number of nitrogens with zero attached hydrogens (tertiary/aromatic N) is 3. The van der Waals surface area contributed by atoms with Crippen LogP contribution in [0.3, 0.4) is 0 Å². The van der Waals surface area contributed by atoms with Gasteiger partial charge in [0, 0.05) is 11.5 Å². The summed E-state index contributed by atoms with van der Waals surface area (Å²) in [4.78, 5) is 42.5. The van der Waals surface area contributed by atoms with Gasteiger partial charge in [0.2, 0.25) is 23.3 Å². The van der Waals surface area contributed by atoms with Crippen LogP contribution < -0.4 is 5.32 Å². The van der Waals surface area contributed by atoms with Crippen molar-refractivity contribution >= 4 is 40.4 Å². The number of carbonyl (C=O) groups is 3. The lowest BCUT2D eigenvalue weighted by Crippen LogP contribution is -2.20. The molecule has 0 bridgehead atoms. The number of esters is 2. The molecular formula is C11H14N4O7S. The third kappa shape index (κ3) is 5.86. The predicted octanol–water partition coefficient (Wildman–Crippen LogP) is 0.173. The molecular weight excluding hydrogens is 332 g/mol. The predicted molar refractivity (Wildman–Crippen MR) is 77.1 cm³/mol. The summed E-state index contributed by atoms with van der Waals surface area (Å²) in [6.07, 6.45) is -0.747. The number of carbonyl (C=O) groups excluding carboxylic acids is 3. The van der Waals surface area contributed by atoms with Crippen LogP contribution in [0.4, 0.5) is 9.93 Å². The molecule has 0 radical (unpaired) electrons. The molecule has 0 saturated carbocycles. The molecule has 0 saturated heterocycles. The molecule has 1 N–H and O–H groups in total. The molecule has 0 spiro atoms. The minimum absolute atomic E-state index is 0.0776.